The summed E-state index contributed by atoms with van der Waals surface area (Å²) in [6, 6.07) is 9.79. The van der Waals surface area contributed by atoms with Gasteiger partial charge in [-0.3, -0.25) is 9.89 Å². The summed E-state index contributed by atoms with van der Waals surface area (Å²) in [6.45, 7) is 3.49. The van der Waals surface area contributed by atoms with Crippen molar-refractivity contribution in [3.8, 4) is 0 Å². The van der Waals surface area contributed by atoms with Crippen molar-refractivity contribution in [3.05, 3.63) is 63.7 Å². The lowest BCUT2D eigenvalue weighted by molar-refractivity contribution is 0.646. The molecule has 0 spiro atoms. The molecule has 0 aliphatic heterocycles. The molecule has 2 aromatic heterocycles. The van der Waals surface area contributed by atoms with E-state index in [1.165, 1.54) is 5.56 Å². The molecule has 5 nitrogen and oxygen atoms in total. The van der Waals surface area contributed by atoms with Crippen molar-refractivity contribution < 1.29 is 0 Å². The Morgan fingerprint density at radius 1 is 1.23 bits per heavy atom. The molecule has 22 heavy (non-hydrogen) atoms. The Morgan fingerprint density at radius 2 is 2.09 bits per heavy atom. The fraction of sp³-hybridized carbons (Fsp3) is 0.294. The molecule has 0 amide bonds. The van der Waals surface area contributed by atoms with Crippen molar-refractivity contribution in [3.63, 3.8) is 0 Å². The third-order valence-electron chi connectivity index (χ3n) is 3.88. The number of pyridine rings is 1. The van der Waals surface area contributed by atoms with Crippen molar-refractivity contribution in [1.82, 2.24) is 20.5 Å². The van der Waals surface area contributed by atoms with Gasteiger partial charge in [-0.05, 0) is 49.4 Å². The van der Waals surface area contributed by atoms with Crippen LogP contribution in [0.3, 0.4) is 0 Å². The number of aromatic nitrogens is 3. The van der Waals surface area contributed by atoms with E-state index in [9.17, 15) is 4.79 Å². The van der Waals surface area contributed by atoms with Crippen LogP contribution in [0, 0.1) is 6.92 Å². The molecule has 0 bridgehead atoms. The van der Waals surface area contributed by atoms with Gasteiger partial charge in [-0.15, -0.1) is 0 Å². The van der Waals surface area contributed by atoms with Gasteiger partial charge in [0.15, 0.2) is 0 Å². The summed E-state index contributed by atoms with van der Waals surface area (Å²) < 4.78 is 0. The number of benzene rings is 1. The second kappa shape index (κ2) is 6.58. The maximum Gasteiger partial charge on any atom is 0.252 e. The quantitative estimate of drug-likeness (QED) is 0.611. The van der Waals surface area contributed by atoms with Gasteiger partial charge < -0.3 is 10.3 Å². The summed E-state index contributed by atoms with van der Waals surface area (Å²) in [7, 11) is 0. The number of fused-ring (bicyclic) bond motifs is 1. The van der Waals surface area contributed by atoms with Gasteiger partial charge >= 0.3 is 0 Å². The van der Waals surface area contributed by atoms with Crippen LogP contribution in [-0.2, 0) is 13.0 Å². The maximum absolute atomic E-state index is 12.0. The molecule has 3 rings (SSSR count). The van der Waals surface area contributed by atoms with Crippen LogP contribution in [0.25, 0.3) is 10.9 Å². The molecular weight excluding hydrogens is 276 g/mol. The van der Waals surface area contributed by atoms with E-state index in [4.69, 9.17) is 0 Å². The van der Waals surface area contributed by atoms with E-state index in [0.717, 1.165) is 41.5 Å². The lowest BCUT2D eigenvalue weighted by atomic mass is 10.1. The molecule has 0 aliphatic rings. The number of rotatable bonds is 6. The number of para-hydroxylation sites is 1. The normalized spacial score (nSPS) is 11.1. The van der Waals surface area contributed by atoms with Crippen LogP contribution in [0.2, 0.25) is 0 Å². The minimum absolute atomic E-state index is 0.0168. The first-order valence-electron chi connectivity index (χ1n) is 7.54. The molecule has 0 saturated carbocycles. The number of nitrogens with one attached hydrogen (secondary N) is 3. The van der Waals surface area contributed by atoms with Gasteiger partial charge in [0.1, 0.15) is 0 Å². The van der Waals surface area contributed by atoms with Crippen molar-refractivity contribution in [2.45, 2.75) is 26.3 Å². The second-order valence-electron chi connectivity index (χ2n) is 5.51. The average molecular weight is 296 g/mol. The first-order chi connectivity index (χ1) is 10.7. The third-order valence-corrected chi connectivity index (χ3v) is 3.88. The van der Waals surface area contributed by atoms with E-state index < -0.39 is 0 Å². The maximum atomic E-state index is 12.0. The molecule has 1 aromatic carbocycles. The highest BCUT2D eigenvalue weighted by Gasteiger charge is 2.03. The van der Waals surface area contributed by atoms with Gasteiger partial charge in [0.05, 0.1) is 6.20 Å². The molecule has 0 saturated heterocycles. The Labute approximate surface area is 128 Å². The number of hydrogen-bond donors (Lipinski definition) is 3. The van der Waals surface area contributed by atoms with E-state index >= 15 is 0 Å². The molecule has 5 heteroatoms. The lowest BCUT2D eigenvalue weighted by Gasteiger charge is -2.06. The monoisotopic (exact) mass is 296 g/mol. The molecule has 0 atom stereocenters. The minimum Gasteiger partial charge on any atom is -0.322 e. The summed E-state index contributed by atoms with van der Waals surface area (Å²) in [5.74, 6) is 0. The Morgan fingerprint density at radius 3 is 2.91 bits per heavy atom. The number of H-pyrrole nitrogens is 2. The first-order valence-corrected chi connectivity index (χ1v) is 7.54. The summed E-state index contributed by atoms with van der Waals surface area (Å²) in [5.41, 5.74) is 4.03. The topological polar surface area (TPSA) is 73.6 Å². The second-order valence-corrected chi connectivity index (χ2v) is 5.51. The summed E-state index contributed by atoms with van der Waals surface area (Å²) in [4.78, 5) is 14.9. The third kappa shape index (κ3) is 3.26. The largest absolute Gasteiger partial charge is 0.322 e. The summed E-state index contributed by atoms with van der Waals surface area (Å²) in [5, 5.41) is 11.4. The van der Waals surface area contributed by atoms with Gasteiger partial charge in [0, 0.05) is 23.3 Å². The van der Waals surface area contributed by atoms with Gasteiger partial charge in [-0.1, -0.05) is 18.2 Å². The number of aryl methyl sites for hydroxylation is 2. The predicted molar refractivity (Wildman–Crippen MR) is 87.9 cm³/mol. The first kappa shape index (κ1) is 14.5. The molecule has 0 unspecified atom stereocenters. The zero-order chi connectivity index (χ0) is 15.4. The van der Waals surface area contributed by atoms with Gasteiger partial charge in [-0.25, -0.2) is 0 Å². The van der Waals surface area contributed by atoms with Crippen LogP contribution in [0.1, 0.15) is 23.2 Å². The fourth-order valence-electron chi connectivity index (χ4n) is 2.58. The summed E-state index contributed by atoms with van der Waals surface area (Å²) >= 11 is 0. The van der Waals surface area contributed by atoms with Crippen molar-refractivity contribution in [2.75, 3.05) is 6.54 Å². The van der Waals surface area contributed by atoms with Crippen LogP contribution >= 0.6 is 0 Å². The fourth-order valence-corrected chi connectivity index (χ4v) is 2.58. The van der Waals surface area contributed by atoms with Crippen molar-refractivity contribution in [2.24, 2.45) is 0 Å². The number of nitrogens with zero attached hydrogens (tertiary/aromatic N) is 1. The predicted octanol–water partition coefficient (Wildman–Crippen LogP) is 2.28. The highest BCUT2D eigenvalue weighted by atomic mass is 16.1. The van der Waals surface area contributed by atoms with E-state index in [2.05, 4.69) is 20.5 Å². The van der Waals surface area contributed by atoms with Gasteiger partial charge in [-0.2, -0.15) is 5.10 Å². The zero-order valence-corrected chi connectivity index (χ0v) is 12.6. The van der Waals surface area contributed by atoms with Crippen LogP contribution in [-0.4, -0.2) is 21.7 Å². The Hall–Kier alpha value is -2.40. The molecule has 3 N–H and O–H groups in total. The van der Waals surface area contributed by atoms with Crippen LogP contribution in [0.5, 0.6) is 0 Å². The molecule has 0 radical (unpaired) electrons. The molecule has 114 valence electrons. The van der Waals surface area contributed by atoms with Crippen molar-refractivity contribution in [1.29, 1.82) is 0 Å². The SMILES string of the molecule is Cc1[nH]ncc1CCCNCc1cc2ccccc2[nH]c1=O. The lowest BCUT2D eigenvalue weighted by Crippen LogP contribution is -2.22. The van der Waals surface area contributed by atoms with E-state index in [-0.39, 0.29) is 5.56 Å². The molecule has 0 fully saturated rings. The van der Waals surface area contributed by atoms with Crippen LogP contribution in [0.4, 0.5) is 0 Å². The van der Waals surface area contributed by atoms with Crippen LogP contribution < -0.4 is 10.9 Å². The van der Waals surface area contributed by atoms with E-state index in [1.54, 1.807) is 0 Å². The Kier molecular flexibility index (Phi) is 4.34. The molecule has 0 aliphatic carbocycles. The molecule has 2 heterocycles. The smallest absolute Gasteiger partial charge is 0.252 e. The van der Waals surface area contributed by atoms with Gasteiger partial charge in [0.25, 0.3) is 5.56 Å². The van der Waals surface area contributed by atoms with E-state index in [0.29, 0.717) is 6.54 Å². The molecular formula is C17H20N4O. The van der Waals surface area contributed by atoms with E-state index in [1.807, 2.05) is 43.5 Å². The van der Waals surface area contributed by atoms with Crippen molar-refractivity contribution >= 4 is 10.9 Å². The van der Waals surface area contributed by atoms with Crippen LogP contribution in [0.15, 0.2) is 41.3 Å². The average Bonchev–Trinajstić information content (AvgIpc) is 2.92. The number of hydrogen-bond acceptors (Lipinski definition) is 3. The Balaban J connectivity index is 1.54. The van der Waals surface area contributed by atoms with Gasteiger partial charge in [0.2, 0.25) is 0 Å². The highest BCUT2D eigenvalue weighted by molar-refractivity contribution is 5.78. The highest BCUT2D eigenvalue weighted by Crippen LogP contribution is 2.10. The minimum atomic E-state index is -0.0168. The Bertz CT molecular complexity index is 819. The standard InChI is InChI=1S/C17H20N4O/c1-12-14(11-19-21-12)6-4-8-18-10-15-9-13-5-2-3-7-16(13)20-17(15)22/h2-3,5,7,9,11,18H,4,6,8,10H2,1H3,(H,19,21)(H,20,22). The zero-order valence-electron chi connectivity index (χ0n) is 12.6. The number of aromatic amines is 2. The summed E-state index contributed by atoms with van der Waals surface area (Å²) in [6.07, 6.45) is 3.89. The molecule has 3 aromatic rings.